The Labute approximate surface area is 116 Å². The lowest BCUT2D eigenvalue weighted by atomic mass is 10.1. The molecule has 3 N–H and O–H groups in total. The monoisotopic (exact) mass is 264 g/mol. The molecular weight excluding hydrogens is 252 g/mol. The first-order chi connectivity index (χ1) is 9.69. The van der Waals surface area contributed by atoms with Crippen LogP contribution in [0.15, 0.2) is 42.5 Å². The maximum atomic E-state index is 12.2. The van der Waals surface area contributed by atoms with E-state index in [1.165, 1.54) is 0 Å². The van der Waals surface area contributed by atoms with Crippen molar-refractivity contribution in [2.24, 2.45) is 0 Å². The molecule has 0 saturated carbocycles. The molecule has 0 spiro atoms. The lowest BCUT2D eigenvalue weighted by Gasteiger charge is -2.30. The van der Waals surface area contributed by atoms with Crippen LogP contribution in [0.1, 0.15) is 5.56 Å². The van der Waals surface area contributed by atoms with Gasteiger partial charge in [0.25, 0.3) is 5.91 Å². The van der Waals surface area contributed by atoms with E-state index in [1.54, 1.807) is 41.3 Å². The number of nitrogen functional groups attached to an aromatic ring is 1. The average Bonchev–Trinajstić information content (AvgIpc) is 2.46. The molecule has 20 heavy (non-hydrogen) atoms. The van der Waals surface area contributed by atoms with Crippen LogP contribution in [0.4, 0.5) is 22.7 Å². The van der Waals surface area contributed by atoms with Gasteiger partial charge in [0.15, 0.2) is 0 Å². The van der Waals surface area contributed by atoms with Crippen LogP contribution in [0, 0.1) is 11.3 Å². The summed E-state index contributed by atoms with van der Waals surface area (Å²) >= 11 is 0. The molecule has 0 radical (unpaired) electrons. The molecule has 0 aliphatic carbocycles. The molecule has 98 valence electrons. The number of carbonyl (C=O) groups is 1. The van der Waals surface area contributed by atoms with Crippen LogP contribution in [0.3, 0.4) is 0 Å². The van der Waals surface area contributed by atoms with Crippen molar-refractivity contribution < 1.29 is 4.79 Å². The molecule has 2 aromatic carbocycles. The van der Waals surface area contributed by atoms with E-state index in [9.17, 15) is 4.79 Å². The number of anilines is 4. The van der Waals surface area contributed by atoms with Crippen molar-refractivity contribution in [3.8, 4) is 6.07 Å². The van der Waals surface area contributed by atoms with Gasteiger partial charge in [0.2, 0.25) is 0 Å². The van der Waals surface area contributed by atoms with E-state index in [-0.39, 0.29) is 12.5 Å². The van der Waals surface area contributed by atoms with E-state index in [0.717, 1.165) is 5.69 Å². The van der Waals surface area contributed by atoms with Gasteiger partial charge in [-0.25, -0.2) is 0 Å². The van der Waals surface area contributed by atoms with E-state index in [0.29, 0.717) is 22.6 Å². The fourth-order valence-corrected chi connectivity index (χ4v) is 2.27. The Balaban J connectivity index is 2.17. The smallest absolute Gasteiger partial charge is 0.250 e. The number of amides is 1. The summed E-state index contributed by atoms with van der Waals surface area (Å²) in [5.74, 6) is -0.0850. The first-order valence-corrected chi connectivity index (χ1v) is 6.15. The van der Waals surface area contributed by atoms with Crippen molar-refractivity contribution in [1.82, 2.24) is 0 Å². The molecular formula is C15H12N4O. The summed E-state index contributed by atoms with van der Waals surface area (Å²) in [4.78, 5) is 13.8. The molecule has 2 aromatic rings. The highest BCUT2D eigenvalue weighted by molar-refractivity contribution is 6.08. The number of hydrogen-bond acceptors (Lipinski definition) is 4. The Morgan fingerprint density at radius 3 is 2.85 bits per heavy atom. The van der Waals surface area contributed by atoms with Crippen LogP contribution >= 0.6 is 0 Å². The largest absolute Gasteiger partial charge is 0.399 e. The first-order valence-electron chi connectivity index (χ1n) is 6.15. The Morgan fingerprint density at radius 2 is 2.10 bits per heavy atom. The lowest BCUT2D eigenvalue weighted by Crippen LogP contribution is -2.36. The van der Waals surface area contributed by atoms with Crippen molar-refractivity contribution in [2.45, 2.75) is 0 Å². The van der Waals surface area contributed by atoms with Crippen LogP contribution in [0.2, 0.25) is 0 Å². The Hall–Kier alpha value is -3.00. The van der Waals surface area contributed by atoms with Gasteiger partial charge in [-0.3, -0.25) is 9.69 Å². The van der Waals surface area contributed by atoms with Crippen molar-refractivity contribution in [2.75, 3.05) is 22.5 Å². The highest BCUT2D eigenvalue weighted by atomic mass is 16.2. The fourth-order valence-electron chi connectivity index (χ4n) is 2.27. The average molecular weight is 264 g/mol. The molecule has 1 aliphatic rings. The van der Waals surface area contributed by atoms with Crippen LogP contribution in [0.25, 0.3) is 0 Å². The third-order valence-corrected chi connectivity index (χ3v) is 3.18. The van der Waals surface area contributed by atoms with Crippen LogP contribution in [-0.4, -0.2) is 12.5 Å². The van der Waals surface area contributed by atoms with Crippen molar-refractivity contribution in [3.05, 3.63) is 48.0 Å². The predicted octanol–water partition coefficient (Wildman–Crippen LogP) is 2.23. The summed E-state index contributed by atoms with van der Waals surface area (Å²) in [6, 6.07) is 14.4. The van der Waals surface area contributed by atoms with Crippen LogP contribution < -0.4 is 16.0 Å². The van der Waals surface area contributed by atoms with Gasteiger partial charge in [-0.15, -0.1) is 0 Å². The summed E-state index contributed by atoms with van der Waals surface area (Å²) in [7, 11) is 0. The number of fused-ring (bicyclic) bond motifs is 1. The third-order valence-electron chi connectivity index (χ3n) is 3.18. The molecule has 5 nitrogen and oxygen atoms in total. The Kier molecular flexibility index (Phi) is 2.77. The molecule has 3 rings (SSSR count). The van der Waals surface area contributed by atoms with Gasteiger partial charge < -0.3 is 11.1 Å². The van der Waals surface area contributed by atoms with E-state index in [2.05, 4.69) is 11.4 Å². The Morgan fingerprint density at radius 1 is 1.25 bits per heavy atom. The topological polar surface area (TPSA) is 82.2 Å². The number of nitrogens with zero attached hydrogens (tertiary/aromatic N) is 2. The normalized spacial score (nSPS) is 13.3. The van der Waals surface area contributed by atoms with Gasteiger partial charge in [-0.2, -0.15) is 5.26 Å². The predicted molar refractivity (Wildman–Crippen MR) is 77.6 cm³/mol. The zero-order valence-electron chi connectivity index (χ0n) is 10.6. The van der Waals surface area contributed by atoms with Crippen LogP contribution in [-0.2, 0) is 4.79 Å². The van der Waals surface area contributed by atoms with Crippen molar-refractivity contribution >= 4 is 28.7 Å². The van der Waals surface area contributed by atoms with Gasteiger partial charge >= 0.3 is 0 Å². The second-order valence-electron chi connectivity index (χ2n) is 4.52. The summed E-state index contributed by atoms with van der Waals surface area (Å²) in [6.45, 7) is 0.216. The summed E-state index contributed by atoms with van der Waals surface area (Å²) in [5, 5.41) is 12.1. The number of rotatable bonds is 1. The van der Waals surface area contributed by atoms with Gasteiger partial charge in [0.05, 0.1) is 35.2 Å². The standard InChI is InChI=1S/C15H12N4O/c16-8-10-4-5-13-14(6-10)19(15(20)9-18-13)12-3-1-2-11(17)7-12/h1-7,18H,9,17H2. The number of benzene rings is 2. The highest BCUT2D eigenvalue weighted by Gasteiger charge is 2.25. The van der Waals surface area contributed by atoms with E-state index in [1.807, 2.05) is 6.07 Å². The quantitative estimate of drug-likeness (QED) is 0.774. The molecule has 0 unspecified atom stereocenters. The molecule has 1 aliphatic heterocycles. The Bertz CT molecular complexity index is 733. The van der Waals surface area contributed by atoms with Gasteiger partial charge in [-0.1, -0.05) is 6.07 Å². The minimum absolute atomic E-state index is 0.0850. The number of hydrogen-bond donors (Lipinski definition) is 2. The molecule has 1 amide bonds. The number of nitrogens with one attached hydrogen (secondary N) is 1. The maximum absolute atomic E-state index is 12.2. The molecule has 0 aromatic heterocycles. The van der Waals surface area contributed by atoms with Crippen molar-refractivity contribution in [1.29, 1.82) is 5.26 Å². The highest BCUT2D eigenvalue weighted by Crippen LogP contribution is 2.36. The fraction of sp³-hybridized carbons (Fsp3) is 0.0667. The van der Waals surface area contributed by atoms with E-state index >= 15 is 0 Å². The number of carbonyl (C=O) groups excluding carboxylic acids is 1. The first kappa shape index (κ1) is 12.1. The molecule has 0 atom stereocenters. The molecule has 0 saturated heterocycles. The number of nitriles is 1. The molecule has 5 heteroatoms. The van der Waals surface area contributed by atoms with E-state index in [4.69, 9.17) is 11.0 Å². The SMILES string of the molecule is N#Cc1ccc2c(c1)N(c1cccc(N)c1)C(=O)CN2. The summed E-state index contributed by atoms with van der Waals surface area (Å²) < 4.78 is 0. The maximum Gasteiger partial charge on any atom is 0.250 e. The van der Waals surface area contributed by atoms with Crippen molar-refractivity contribution in [3.63, 3.8) is 0 Å². The van der Waals surface area contributed by atoms with Gasteiger partial charge in [0.1, 0.15) is 0 Å². The van der Waals surface area contributed by atoms with Gasteiger partial charge in [0, 0.05) is 5.69 Å². The summed E-state index contributed by atoms with van der Waals surface area (Å²) in [5.41, 5.74) is 9.08. The molecule has 1 heterocycles. The molecule has 0 fully saturated rings. The second-order valence-corrected chi connectivity index (χ2v) is 4.52. The third kappa shape index (κ3) is 1.93. The zero-order chi connectivity index (χ0) is 14.1. The lowest BCUT2D eigenvalue weighted by molar-refractivity contribution is -0.116. The second kappa shape index (κ2) is 4.59. The van der Waals surface area contributed by atoms with Crippen LogP contribution in [0.5, 0.6) is 0 Å². The molecule has 0 bridgehead atoms. The number of nitrogens with two attached hydrogens (primary N) is 1. The minimum atomic E-state index is -0.0850. The van der Waals surface area contributed by atoms with E-state index < -0.39 is 0 Å². The zero-order valence-corrected chi connectivity index (χ0v) is 10.6. The minimum Gasteiger partial charge on any atom is -0.399 e. The summed E-state index contributed by atoms with van der Waals surface area (Å²) in [6.07, 6.45) is 0. The van der Waals surface area contributed by atoms with Gasteiger partial charge in [-0.05, 0) is 36.4 Å².